The van der Waals surface area contributed by atoms with E-state index in [-0.39, 0.29) is 12.3 Å². The minimum Gasteiger partial charge on any atom is -0.481 e. The predicted octanol–water partition coefficient (Wildman–Crippen LogP) is 7.77. The van der Waals surface area contributed by atoms with Crippen LogP contribution in [0.2, 0.25) is 0 Å². The number of carbonyl (C=O) groups is 2. The Bertz CT molecular complexity index is 457. The van der Waals surface area contributed by atoms with Crippen molar-refractivity contribution in [2.75, 3.05) is 13.1 Å². The van der Waals surface area contributed by atoms with E-state index in [1.807, 2.05) is 0 Å². The summed E-state index contributed by atoms with van der Waals surface area (Å²) in [7, 11) is 0. The predicted molar refractivity (Wildman–Crippen MR) is 145 cm³/mol. The molecule has 0 saturated heterocycles. The van der Waals surface area contributed by atoms with Crippen LogP contribution in [0.15, 0.2) is 0 Å². The number of aliphatic carboxylic acids is 1. The Balaban J connectivity index is 3.81. The van der Waals surface area contributed by atoms with Gasteiger partial charge in [0, 0.05) is 13.0 Å². The molecule has 0 aliphatic heterocycles. The molecule has 0 aromatic heterocycles. The summed E-state index contributed by atoms with van der Waals surface area (Å²) in [6.07, 6.45) is 26.0. The van der Waals surface area contributed by atoms with Crippen molar-refractivity contribution in [3.8, 4) is 0 Å². The lowest BCUT2D eigenvalue weighted by molar-refractivity contribution is -0.137. The molecule has 0 radical (unpaired) electrons. The Hall–Kier alpha value is -1.10. The van der Waals surface area contributed by atoms with E-state index in [0.717, 1.165) is 25.8 Å². The van der Waals surface area contributed by atoms with Gasteiger partial charge in [0.05, 0.1) is 6.04 Å². The summed E-state index contributed by atoms with van der Waals surface area (Å²) in [6.45, 7) is 5.98. The van der Waals surface area contributed by atoms with E-state index >= 15 is 0 Å². The quantitative estimate of drug-likeness (QED) is 0.104. The van der Waals surface area contributed by atoms with Gasteiger partial charge in [-0.25, -0.2) is 0 Å². The fourth-order valence-corrected chi connectivity index (χ4v) is 4.43. The summed E-state index contributed by atoms with van der Waals surface area (Å²) in [5, 5.41) is 15.4. The molecule has 34 heavy (non-hydrogen) atoms. The minimum atomic E-state index is -0.840. The number of unbranched alkanes of at least 4 members (excludes halogenated alkanes) is 18. The van der Waals surface area contributed by atoms with E-state index in [1.54, 1.807) is 0 Å². The zero-order valence-corrected chi connectivity index (χ0v) is 22.8. The number of hydrogen-bond acceptors (Lipinski definition) is 3. The second-order valence-electron chi connectivity index (χ2n) is 10.1. The number of hydrogen-bond donors (Lipinski definition) is 3. The van der Waals surface area contributed by atoms with Crippen molar-refractivity contribution in [3.63, 3.8) is 0 Å². The van der Waals surface area contributed by atoms with Gasteiger partial charge in [-0.2, -0.15) is 0 Å². The SMILES string of the molecule is CCCCCCCCCCCCNC(=O)[C@H](CCC(=O)O)NCCCCCCCCCCCC. The highest BCUT2D eigenvalue weighted by molar-refractivity contribution is 5.82. The lowest BCUT2D eigenvalue weighted by Gasteiger charge is -2.18. The van der Waals surface area contributed by atoms with Crippen molar-refractivity contribution in [1.29, 1.82) is 0 Å². The van der Waals surface area contributed by atoms with Gasteiger partial charge >= 0.3 is 5.97 Å². The molecule has 0 rings (SSSR count). The summed E-state index contributed by atoms with van der Waals surface area (Å²) in [6, 6.07) is -0.391. The fraction of sp³-hybridized carbons (Fsp3) is 0.931. The van der Waals surface area contributed by atoms with E-state index in [1.165, 1.54) is 109 Å². The van der Waals surface area contributed by atoms with Crippen LogP contribution in [0.3, 0.4) is 0 Å². The Morgan fingerprint density at radius 2 is 0.971 bits per heavy atom. The Morgan fingerprint density at radius 3 is 1.38 bits per heavy atom. The van der Waals surface area contributed by atoms with Crippen LogP contribution in [0.4, 0.5) is 0 Å². The number of carboxylic acids is 1. The molecule has 202 valence electrons. The van der Waals surface area contributed by atoms with Crippen LogP contribution >= 0.6 is 0 Å². The van der Waals surface area contributed by atoms with Crippen molar-refractivity contribution < 1.29 is 14.7 Å². The molecule has 5 heteroatoms. The van der Waals surface area contributed by atoms with Gasteiger partial charge in [0.1, 0.15) is 0 Å². The molecule has 1 atom stereocenters. The van der Waals surface area contributed by atoms with Crippen LogP contribution in [0.1, 0.15) is 155 Å². The first-order chi connectivity index (χ1) is 16.6. The molecule has 0 spiro atoms. The first-order valence-corrected chi connectivity index (χ1v) is 14.8. The topological polar surface area (TPSA) is 78.4 Å². The van der Waals surface area contributed by atoms with E-state index in [0.29, 0.717) is 13.0 Å². The van der Waals surface area contributed by atoms with Gasteiger partial charge < -0.3 is 15.7 Å². The summed E-state index contributed by atoms with van der Waals surface area (Å²) >= 11 is 0. The van der Waals surface area contributed by atoms with Crippen LogP contribution < -0.4 is 10.6 Å². The number of rotatable bonds is 27. The van der Waals surface area contributed by atoms with Crippen LogP contribution in [0, 0.1) is 0 Å². The largest absolute Gasteiger partial charge is 0.481 e. The summed E-state index contributed by atoms with van der Waals surface area (Å²) < 4.78 is 0. The van der Waals surface area contributed by atoms with E-state index < -0.39 is 12.0 Å². The zero-order valence-electron chi connectivity index (χ0n) is 22.8. The summed E-state index contributed by atoms with van der Waals surface area (Å²) in [5.74, 6) is -0.877. The lowest BCUT2D eigenvalue weighted by Crippen LogP contribution is -2.45. The third kappa shape index (κ3) is 24.0. The first kappa shape index (κ1) is 32.9. The van der Waals surface area contributed by atoms with E-state index in [2.05, 4.69) is 24.5 Å². The number of carboxylic acid groups (broad SMARTS) is 1. The second-order valence-corrected chi connectivity index (χ2v) is 10.1. The third-order valence-corrected chi connectivity index (χ3v) is 6.71. The van der Waals surface area contributed by atoms with Crippen LogP contribution in [0.5, 0.6) is 0 Å². The van der Waals surface area contributed by atoms with Crippen LogP contribution in [-0.4, -0.2) is 36.1 Å². The molecule has 0 unspecified atom stereocenters. The molecule has 0 aromatic carbocycles. The molecule has 1 amide bonds. The van der Waals surface area contributed by atoms with Gasteiger partial charge in [0.25, 0.3) is 0 Å². The molecule has 3 N–H and O–H groups in total. The smallest absolute Gasteiger partial charge is 0.303 e. The van der Waals surface area contributed by atoms with Gasteiger partial charge in [0.2, 0.25) is 5.91 Å². The van der Waals surface area contributed by atoms with Gasteiger partial charge in [-0.1, -0.05) is 129 Å². The Kier molecular flexibility index (Phi) is 25.6. The number of amides is 1. The van der Waals surface area contributed by atoms with Crippen molar-refractivity contribution in [3.05, 3.63) is 0 Å². The molecule has 0 heterocycles. The lowest BCUT2D eigenvalue weighted by atomic mass is 10.1. The highest BCUT2D eigenvalue weighted by Crippen LogP contribution is 2.11. The van der Waals surface area contributed by atoms with Crippen LogP contribution in [0.25, 0.3) is 0 Å². The molecular weight excluding hydrogens is 424 g/mol. The highest BCUT2D eigenvalue weighted by Gasteiger charge is 2.18. The normalized spacial score (nSPS) is 12.1. The Labute approximate surface area is 211 Å². The summed E-state index contributed by atoms with van der Waals surface area (Å²) in [5.41, 5.74) is 0. The van der Waals surface area contributed by atoms with Crippen molar-refractivity contribution in [2.24, 2.45) is 0 Å². The van der Waals surface area contributed by atoms with Crippen molar-refractivity contribution >= 4 is 11.9 Å². The van der Waals surface area contributed by atoms with E-state index in [4.69, 9.17) is 5.11 Å². The van der Waals surface area contributed by atoms with Crippen molar-refractivity contribution in [2.45, 2.75) is 161 Å². The van der Waals surface area contributed by atoms with Crippen molar-refractivity contribution in [1.82, 2.24) is 10.6 Å². The molecule has 0 aromatic rings. The van der Waals surface area contributed by atoms with E-state index in [9.17, 15) is 9.59 Å². The Morgan fingerprint density at radius 1 is 0.588 bits per heavy atom. The molecule has 0 aliphatic rings. The average molecular weight is 483 g/mol. The van der Waals surface area contributed by atoms with Crippen LogP contribution in [-0.2, 0) is 9.59 Å². The van der Waals surface area contributed by atoms with Gasteiger partial charge in [-0.05, 0) is 25.8 Å². The maximum atomic E-state index is 12.6. The van der Waals surface area contributed by atoms with Gasteiger partial charge in [-0.3, -0.25) is 9.59 Å². The maximum absolute atomic E-state index is 12.6. The zero-order chi connectivity index (χ0) is 25.1. The molecule has 0 bridgehead atoms. The average Bonchev–Trinajstić information content (AvgIpc) is 2.82. The summed E-state index contributed by atoms with van der Waals surface area (Å²) in [4.78, 5) is 23.5. The molecule has 0 fully saturated rings. The fourth-order valence-electron chi connectivity index (χ4n) is 4.43. The monoisotopic (exact) mass is 482 g/mol. The molecular formula is C29H58N2O3. The maximum Gasteiger partial charge on any atom is 0.303 e. The molecule has 0 saturated carbocycles. The second kappa shape index (κ2) is 26.5. The standard InChI is InChI=1S/C29H58N2O3/c1-3-5-7-9-11-13-15-17-19-21-25-30-27(23-24-28(32)33)29(34)31-26-22-20-18-16-14-12-10-8-6-4-2/h27,30H,3-26H2,1-2H3,(H,31,34)(H,32,33)/t27-/m0/s1. The van der Waals surface area contributed by atoms with Gasteiger partial charge in [-0.15, -0.1) is 0 Å². The molecule has 5 nitrogen and oxygen atoms in total. The minimum absolute atomic E-state index is 0.0291. The highest BCUT2D eigenvalue weighted by atomic mass is 16.4. The number of carbonyl (C=O) groups excluding carboxylic acids is 1. The number of nitrogens with one attached hydrogen (secondary N) is 2. The van der Waals surface area contributed by atoms with Gasteiger partial charge in [0.15, 0.2) is 0 Å². The first-order valence-electron chi connectivity index (χ1n) is 14.8. The third-order valence-electron chi connectivity index (χ3n) is 6.71. The molecule has 0 aliphatic carbocycles.